The highest BCUT2D eigenvalue weighted by Crippen LogP contribution is 2.28. The van der Waals surface area contributed by atoms with Crippen LogP contribution in [0.1, 0.15) is 13.8 Å². The van der Waals surface area contributed by atoms with Gasteiger partial charge in [-0.1, -0.05) is 0 Å². The second-order valence-corrected chi connectivity index (χ2v) is 3.99. The van der Waals surface area contributed by atoms with Crippen LogP contribution in [0.5, 0.6) is 0 Å². The summed E-state index contributed by atoms with van der Waals surface area (Å²) in [6, 6.07) is 0. The van der Waals surface area contributed by atoms with Crippen molar-refractivity contribution in [2.75, 3.05) is 36.5 Å². The molecule has 2 N–H and O–H groups in total. The smallest absolute Gasteiger partial charge is 0.148 e. The molecule has 1 rings (SSSR count). The highest BCUT2D eigenvalue weighted by molar-refractivity contribution is 9.10. The lowest BCUT2D eigenvalue weighted by molar-refractivity contribution is 0.302. The van der Waals surface area contributed by atoms with Crippen LogP contribution in [0.3, 0.4) is 0 Å². The Morgan fingerprint density at radius 1 is 1.44 bits per heavy atom. The average molecular weight is 289 g/mol. The van der Waals surface area contributed by atoms with Gasteiger partial charge >= 0.3 is 0 Å². The van der Waals surface area contributed by atoms with Gasteiger partial charge in [0.25, 0.3) is 0 Å². The van der Waals surface area contributed by atoms with E-state index in [1.165, 1.54) is 6.33 Å². The van der Waals surface area contributed by atoms with Gasteiger partial charge in [0.1, 0.15) is 22.4 Å². The molecule has 0 fully saturated rings. The molecule has 0 saturated carbocycles. The minimum atomic E-state index is 0.112. The number of aromatic nitrogens is 2. The normalized spacial score (nSPS) is 10.2. The van der Waals surface area contributed by atoms with E-state index in [0.717, 1.165) is 29.2 Å². The van der Waals surface area contributed by atoms with Gasteiger partial charge in [-0.15, -0.1) is 0 Å². The molecular formula is C10H17BrN4O. The van der Waals surface area contributed by atoms with Crippen molar-refractivity contribution >= 4 is 27.6 Å². The molecule has 16 heavy (non-hydrogen) atoms. The predicted molar refractivity (Wildman–Crippen MR) is 68.9 cm³/mol. The fourth-order valence-corrected chi connectivity index (χ4v) is 2.00. The molecule has 90 valence electrons. The van der Waals surface area contributed by atoms with Crippen LogP contribution in [0.2, 0.25) is 0 Å². The van der Waals surface area contributed by atoms with Crippen molar-refractivity contribution in [3.63, 3.8) is 0 Å². The van der Waals surface area contributed by atoms with E-state index in [1.807, 2.05) is 18.7 Å². The maximum atomic E-state index is 8.98. The Morgan fingerprint density at radius 3 is 2.75 bits per heavy atom. The summed E-state index contributed by atoms with van der Waals surface area (Å²) in [5, 5.41) is 12.1. The third-order valence-corrected chi connectivity index (χ3v) is 2.90. The van der Waals surface area contributed by atoms with E-state index < -0.39 is 0 Å². The molecule has 0 unspecified atom stereocenters. The summed E-state index contributed by atoms with van der Waals surface area (Å²) in [7, 11) is 0. The molecule has 0 bridgehead atoms. The molecule has 1 heterocycles. The van der Waals surface area contributed by atoms with Crippen molar-refractivity contribution in [2.24, 2.45) is 0 Å². The molecule has 0 amide bonds. The monoisotopic (exact) mass is 288 g/mol. The van der Waals surface area contributed by atoms with Crippen LogP contribution in [0.15, 0.2) is 10.8 Å². The first-order valence-electron chi connectivity index (χ1n) is 5.34. The number of rotatable bonds is 6. The number of likely N-dealkylation sites (N-methyl/N-ethyl adjacent to an activating group) is 1. The van der Waals surface area contributed by atoms with Crippen molar-refractivity contribution < 1.29 is 5.11 Å². The molecule has 5 nitrogen and oxygen atoms in total. The van der Waals surface area contributed by atoms with Crippen molar-refractivity contribution in [3.8, 4) is 0 Å². The SMILES string of the molecule is CCNc1ncnc(N(CC)CCO)c1Br. The summed E-state index contributed by atoms with van der Waals surface area (Å²) >= 11 is 3.48. The van der Waals surface area contributed by atoms with E-state index in [4.69, 9.17) is 5.11 Å². The van der Waals surface area contributed by atoms with Crippen LogP contribution < -0.4 is 10.2 Å². The standard InChI is InChI=1S/C10H17BrN4O/c1-3-12-9-8(11)10(14-7-13-9)15(4-2)5-6-16/h7,16H,3-6H2,1-2H3,(H,12,13,14). The highest BCUT2D eigenvalue weighted by atomic mass is 79.9. The Labute approximate surface area is 104 Å². The van der Waals surface area contributed by atoms with Gasteiger partial charge in [-0.25, -0.2) is 9.97 Å². The van der Waals surface area contributed by atoms with Crippen LogP contribution in [-0.4, -0.2) is 41.3 Å². The molecular weight excluding hydrogens is 272 g/mol. The summed E-state index contributed by atoms with van der Waals surface area (Å²) in [6.45, 7) is 6.32. The fourth-order valence-electron chi connectivity index (χ4n) is 1.41. The van der Waals surface area contributed by atoms with Gasteiger partial charge in [0.15, 0.2) is 0 Å². The van der Waals surface area contributed by atoms with Gasteiger partial charge in [-0.3, -0.25) is 0 Å². The number of aliphatic hydroxyl groups excluding tert-OH is 1. The zero-order valence-corrected chi connectivity index (χ0v) is 11.2. The average Bonchev–Trinajstić information content (AvgIpc) is 2.30. The fraction of sp³-hybridized carbons (Fsp3) is 0.600. The lowest BCUT2D eigenvalue weighted by Crippen LogP contribution is -2.27. The second kappa shape index (κ2) is 6.65. The van der Waals surface area contributed by atoms with E-state index in [0.29, 0.717) is 6.54 Å². The predicted octanol–water partition coefficient (Wildman–Crippen LogP) is 1.49. The number of nitrogens with one attached hydrogen (secondary N) is 1. The number of hydrogen-bond donors (Lipinski definition) is 2. The molecule has 0 atom stereocenters. The molecule has 6 heteroatoms. The summed E-state index contributed by atoms with van der Waals surface area (Å²) in [5.41, 5.74) is 0. The van der Waals surface area contributed by atoms with Crippen molar-refractivity contribution in [1.29, 1.82) is 0 Å². The van der Waals surface area contributed by atoms with Crippen LogP contribution in [0.25, 0.3) is 0 Å². The van der Waals surface area contributed by atoms with Crippen LogP contribution in [-0.2, 0) is 0 Å². The number of anilines is 2. The number of aliphatic hydroxyl groups is 1. The van der Waals surface area contributed by atoms with Gasteiger partial charge in [-0.05, 0) is 29.8 Å². The van der Waals surface area contributed by atoms with Crippen molar-refractivity contribution in [3.05, 3.63) is 10.8 Å². The van der Waals surface area contributed by atoms with Crippen LogP contribution in [0.4, 0.5) is 11.6 Å². The van der Waals surface area contributed by atoms with Gasteiger partial charge < -0.3 is 15.3 Å². The zero-order chi connectivity index (χ0) is 12.0. The van der Waals surface area contributed by atoms with E-state index >= 15 is 0 Å². The lowest BCUT2D eigenvalue weighted by atomic mass is 10.4. The molecule has 0 radical (unpaired) electrons. The first-order chi connectivity index (χ1) is 7.74. The molecule has 0 aromatic carbocycles. The van der Waals surface area contributed by atoms with Gasteiger partial charge in [0.05, 0.1) is 6.61 Å². The van der Waals surface area contributed by atoms with E-state index in [1.54, 1.807) is 0 Å². The molecule has 0 aliphatic rings. The molecule has 1 aromatic heterocycles. The van der Waals surface area contributed by atoms with Gasteiger partial charge in [-0.2, -0.15) is 0 Å². The number of halogens is 1. The van der Waals surface area contributed by atoms with Gasteiger partial charge in [0.2, 0.25) is 0 Å². The minimum Gasteiger partial charge on any atom is -0.395 e. The molecule has 0 aliphatic carbocycles. The van der Waals surface area contributed by atoms with Crippen LogP contribution in [0, 0.1) is 0 Å². The van der Waals surface area contributed by atoms with Crippen LogP contribution >= 0.6 is 15.9 Å². The Kier molecular flexibility index (Phi) is 5.48. The second-order valence-electron chi connectivity index (χ2n) is 3.19. The summed E-state index contributed by atoms with van der Waals surface area (Å²) in [6.07, 6.45) is 1.53. The molecule has 1 aromatic rings. The van der Waals surface area contributed by atoms with Crippen molar-refractivity contribution in [1.82, 2.24) is 9.97 Å². The maximum Gasteiger partial charge on any atom is 0.148 e. The highest BCUT2D eigenvalue weighted by Gasteiger charge is 2.13. The largest absolute Gasteiger partial charge is 0.395 e. The van der Waals surface area contributed by atoms with E-state index in [2.05, 4.69) is 31.2 Å². The number of nitrogens with zero attached hydrogens (tertiary/aromatic N) is 3. The Bertz CT molecular complexity index is 335. The third-order valence-electron chi connectivity index (χ3n) is 2.17. The van der Waals surface area contributed by atoms with E-state index in [-0.39, 0.29) is 6.61 Å². The topological polar surface area (TPSA) is 61.3 Å². The van der Waals surface area contributed by atoms with Gasteiger partial charge in [0, 0.05) is 19.6 Å². The molecule has 0 aliphatic heterocycles. The zero-order valence-electron chi connectivity index (χ0n) is 9.57. The Balaban J connectivity index is 2.98. The first-order valence-corrected chi connectivity index (χ1v) is 6.14. The minimum absolute atomic E-state index is 0.112. The lowest BCUT2D eigenvalue weighted by Gasteiger charge is -2.22. The number of hydrogen-bond acceptors (Lipinski definition) is 5. The van der Waals surface area contributed by atoms with Crippen molar-refractivity contribution in [2.45, 2.75) is 13.8 Å². The summed E-state index contributed by atoms with van der Waals surface area (Å²) in [5.74, 6) is 1.59. The summed E-state index contributed by atoms with van der Waals surface area (Å²) in [4.78, 5) is 10.4. The Morgan fingerprint density at radius 2 is 2.19 bits per heavy atom. The quantitative estimate of drug-likeness (QED) is 0.831. The maximum absolute atomic E-state index is 8.98. The third kappa shape index (κ3) is 3.05. The molecule has 0 spiro atoms. The molecule has 0 saturated heterocycles. The summed E-state index contributed by atoms with van der Waals surface area (Å²) < 4.78 is 0.840. The van der Waals surface area contributed by atoms with E-state index in [9.17, 15) is 0 Å². The first kappa shape index (κ1) is 13.2. The Hall–Kier alpha value is -0.880.